The number of piperidine rings is 1. The minimum Gasteiger partial charge on any atom is -0.496 e. The van der Waals surface area contributed by atoms with Crippen molar-refractivity contribution in [1.82, 2.24) is 30.9 Å². The largest absolute Gasteiger partial charge is 0.496 e. The summed E-state index contributed by atoms with van der Waals surface area (Å²) < 4.78 is 59.5. The highest BCUT2D eigenvalue weighted by molar-refractivity contribution is 7.91. The quantitative estimate of drug-likeness (QED) is 0.0685. The summed E-state index contributed by atoms with van der Waals surface area (Å²) in [5.41, 5.74) is 8.18. The molecule has 3 fully saturated rings. The van der Waals surface area contributed by atoms with E-state index in [9.17, 15) is 22.4 Å². The summed E-state index contributed by atoms with van der Waals surface area (Å²) in [6, 6.07) is 12.9. The average molecular weight is 882 g/mol. The maximum atomic E-state index is 13.4. The number of hydrogen-bond acceptors (Lipinski definition) is 14. The van der Waals surface area contributed by atoms with Crippen molar-refractivity contribution in [3.63, 3.8) is 0 Å². The molecule has 4 aromatic rings. The molecule has 15 nitrogen and oxygen atoms in total. The number of piperazine rings is 1. The fourth-order valence-electron chi connectivity index (χ4n) is 7.93. The number of aromatic nitrogens is 1. The minimum absolute atomic E-state index is 0.000894. The summed E-state index contributed by atoms with van der Waals surface area (Å²) in [5.74, 6) is 1.09. The van der Waals surface area contributed by atoms with Crippen LogP contribution in [0.1, 0.15) is 85.2 Å². The van der Waals surface area contributed by atoms with Crippen LogP contribution in [0.5, 0.6) is 17.2 Å². The third kappa shape index (κ3) is 13.1. The molecule has 17 heteroatoms. The molecular formula is C45H64FN7O8S. The second kappa shape index (κ2) is 23.6. The van der Waals surface area contributed by atoms with E-state index >= 15 is 0 Å². The van der Waals surface area contributed by atoms with Crippen molar-refractivity contribution < 1.29 is 41.1 Å². The van der Waals surface area contributed by atoms with Gasteiger partial charge in [0.25, 0.3) is 5.91 Å². The summed E-state index contributed by atoms with van der Waals surface area (Å²) in [6.07, 6.45) is 5.07. The number of benzene rings is 3. The Morgan fingerprint density at radius 1 is 0.935 bits per heavy atom. The van der Waals surface area contributed by atoms with Gasteiger partial charge in [0.1, 0.15) is 11.6 Å². The average Bonchev–Trinajstić information content (AvgIpc) is 3.94. The van der Waals surface area contributed by atoms with Gasteiger partial charge in [0, 0.05) is 74.3 Å². The number of likely N-dealkylation sites (tertiary alicyclic amines) is 2. The number of nitrogens with one attached hydrogen (secondary N) is 3. The second-order valence-corrected chi connectivity index (χ2v) is 17.8. The van der Waals surface area contributed by atoms with Crippen molar-refractivity contribution in [2.75, 3.05) is 97.8 Å². The standard InChI is InChI=1S/C24H27FN2O4.C17H27N3O4S.C4H10N2/c1-16(28)18-4-7-21(23(14-18)29-2)30-13-3-10-27-11-8-17(9-12-27)24-20-6-5-19(25)15-22(20)31-26-24;1-4-20-8-6-7-12(20)11-19-17(21)13-9-16(25(22,23)5-2)14(18)10-15(13)24-3;1-2-6-4-3-5-1/h4-7,14-15,17H,3,8-13H2,1-2H3;9-10,12H,4-8,11,18H2,1-3H3,(H,19,21);5-6H,1-4H2. The fourth-order valence-corrected chi connectivity index (χ4v) is 8.96. The zero-order valence-electron chi connectivity index (χ0n) is 36.8. The molecule has 3 aliphatic rings. The number of nitrogens with two attached hydrogens (primary N) is 1. The van der Waals surface area contributed by atoms with E-state index in [1.807, 2.05) is 0 Å². The number of carbonyl (C=O) groups is 2. The number of ketones is 1. The molecule has 7 rings (SSSR count). The lowest BCUT2D eigenvalue weighted by atomic mass is 9.91. The van der Waals surface area contributed by atoms with Crippen LogP contribution in [0.2, 0.25) is 0 Å². The number of rotatable bonds is 15. The smallest absolute Gasteiger partial charge is 0.255 e. The minimum atomic E-state index is -3.52. The van der Waals surface area contributed by atoms with Gasteiger partial charge in [-0.3, -0.25) is 14.5 Å². The van der Waals surface area contributed by atoms with Crippen LogP contribution in [0.15, 0.2) is 57.9 Å². The Morgan fingerprint density at radius 3 is 2.27 bits per heavy atom. The van der Waals surface area contributed by atoms with Crippen LogP contribution in [0, 0.1) is 5.82 Å². The van der Waals surface area contributed by atoms with E-state index in [0.29, 0.717) is 47.8 Å². The highest BCUT2D eigenvalue weighted by Crippen LogP contribution is 2.34. The van der Waals surface area contributed by atoms with Crippen molar-refractivity contribution in [3.05, 3.63) is 71.2 Å². The van der Waals surface area contributed by atoms with Crippen molar-refractivity contribution in [3.8, 4) is 17.2 Å². The van der Waals surface area contributed by atoms with Crippen molar-refractivity contribution in [1.29, 1.82) is 0 Å². The van der Waals surface area contributed by atoms with E-state index in [1.165, 1.54) is 45.2 Å². The van der Waals surface area contributed by atoms with Crippen LogP contribution in [0.25, 0.3) is 11.0 Å². The Kier molecular flexibility index (Phi) is 18.3. The number of methoxy groups -OCH3 is 2. The molecule has 0 aliphatic carbocycles. The van der Waals surface area contributed by atoms with Crippen molar-refractivity contribution in [2.24, 2.45) is 0 Å². The number of ether oxygens (including phenoxy) is 3. The molecule has 4 heterocycles. The lowest BCUT2D eigenvalue weighted by Gasteiger charge is -2.31. The number of halogens is 1. The molecule has 3 aliphatic heterocycles. The normalized spacial score (nSPS) is 17.4. The summed E-state index contributed by atoms with van der Waals surface area (Å²) in [6.45, 7) is 15.7. The van der Waals surface area contributed by atoms with Gasteiger partial charge in [-0.15, -0.1) is 0 Å². The molecule has 1 atom stereocenters. The maximum absolute atomic E-state index is 13.4. The third-order valence-corrected chi connectivity index (χ3v) is 13.3. The molecule has 0 spiro atoms. The highest BCUT2D eigenvalue weighted by Gasteiger charge is 2.27. The van der Waals surface area contributed by atoms with Gasteiger partial charge in [-0.2, -0.15) is 0 Å². The monoisotopic (exact) mass is 881 g/mol. The summed E-state index contributed by atoms with van der Waals surface area (Å²) >= 11 is 0. The number of nitrogens with zero attached hydrogens (tertiary/aromatic N) is 3. The van der Waals surface area contributed by atoms with Crippen molar-refractivity contribution >= 4 is 38.2 Å². The van der Waals surface area contributed by atoms with Gasteiger partial charge in [-0.05, 0) is 102 Å². The number of likely N-dealkylation sites (N-methyl/N-ethyl adjacent to an activating group) is 1. The van der Waals surface area contributed by atoms with Gasteiger partial charge >= 0.3 is 0 Å². The third-order valence-electron chi connectivity index (χ3n) is 11.5. The van der Waals surface area contributed by atoms with Gasteiger partial charge in [0.15, 0.2) is 32.7 Å². The number of fused-ring (bicyclic) bond motifs is 1. The van der Waals surface area contributed by atoms with E-state index in [0.717, 1.165) is 102 Å². The molecular weight excluding hydrogens is 818 g/mol. The van der Waals surface area contributed by atoms with E-state index in [2.05, 4.69) is 37.8 Å². The first kappa shape index (κ1) is 48.2. The lowest BCUT2D eigenvalue weighted by Crippen LogP contribution is -2.40. The van der Waals surface area contributed by atoms with Crippen LogP contribution >= 0.6 is 0 Å². The number of anilines is 1. The van der Waals surface area contributed by atoms with E-state index < -0.39 is 9.84 Å². The molecule has 0 bridgehead atoms. The fraction of sp³-hybridized carbons (Fsp3) is 0.533. The van der Waals surface area contributed by atoms with Gasteiger partial charge in [0.05, 0.1) is 48.4 Å². The Morgan fingerprint density at radius 2 is 1.65 bits per heavy atom. The number of amides is 1. The summed E-state index contributed by atoms with van der Waals surface area (Å²) in [4.78, 5) is 28.8. The molecule has 3 aromatic carbocycles. The number of carbonyl (C=O) groups excluding carboxylic acids is 2. The first-order valence-electron chi connectivity index (χ1n) is 21.6. The first-order chi connectivity index (χ1) is 29.9. The predicted molar refractivity (Wildman–Crippen MR) is 239 cm³/mol. The van der Waals surface area contributed by atoms with Crippen LogP contribution in [-0.4, -0.2) is 133 Å². The molecule has 62 heavy (non-hydrogen) atoms. The molecule has 0 saturated carbocycles. The number of hydrogen-bond donors (Lipinski definition) is 4. The van der Waals surface area contributed by atoms with Gasteiger partial charge in [-0.1, -0.05) is 19.0 Å². The van der Waals surface area contributed by atoms with E-state index in [1.54, 1.807) is 31.4 Å². The molecule has 1 amide bonds. The molecule has 0 radical (unpaired) electrons. The topological polar surface area (TPSA) is 191 Å². The van der Waals surface area contributed by atoms with Crippen LogP contribution in [0.4, 0.5) is 10.1 Å². The zero-order valence-corrected chi connectivity index (χ0v) is 37.6. The number of nitrogen functional groups attached to an aromatic ring is 1. The Bertz CT molecular complexity index is 2180. The van der Waals surface area contributed by atoms with Crippen LogP contribution in [-0.2, 0) is 9.84 Å². The van der Waals surface area contributed by atoms with Gasteiger partial charge in [0.2, 0.25) is 0 Å². The number of sulfone groups is 1. The van der Waals surface area contributed by atoms with E-state index in [-0.39, 0.29) is 45.2 Å². The summed E-state index contributed by atoms with van der Waals surface area (Å²) in [7, 11) is -0.522. The molecule has 5 N–H and O–H groups in total. The van der Waals surface area contributed by atoms with Crippen LogP contribution < -0.4 is 35.9 Å². The van der Waals surface area contributed by atoms with Gasteiger partial charge in [-0.25, -0.2) is 12.8 Å². The Balaban J connectivity index is 0.000000210. The van der Waals surface area contributed by atoms with E-state index in [4.69, 9.17) is 24.5 Å². The molecule has 1 aromatic heterocycles. The molecule has 340 valence electrons. The van der Waals surface area contributed by atoms with Gasteiger partial charge < -0.3 is 45.3 Å². The second-order valence-electron chi connectivity index (χ2n) is 15.6. The molecule has 3 saturated heterocycles. The lowest BCUT2D eigenvalue weighted by molar-refractivity contribution is 0.0937. The maximum Gasteiger partial charge on any atom is 0.255 e. The SMILES string of the molecule is C1CNCCN1.CCN1CCCC1CNC(=O)c1cc(S(=O)(=O)CC)c(N)cc1OC.COc1cc(C(C)=O)ccc1OCCCN1CCC(c2noc3cc(F)ccc23)CC1. The summed E-state index contributed by atoms with van der Waals surface area (Å²) in [5, 5.41) is 14.5. The zero-order chi connectivity index (χ0) is 44.6. The predicted octanol–water partition coefficient (Wildman–Crippen LogP) is 5.29. The van der Waals surface area contributed by atoms with Crippen LogP contribution in [0.3, 0.4) is 0 Å². The first-order valence-corrected chi connectivity index (χ1v) is 23.3. The molecule has 1 unspecified atom stereocenters. The highest BCUT2D eigenvalue weighted by atomic mass is 32.2. The Labute approximate surface area is 365 Å². The Hall–Kier alpha value is -4.81. The number of Topliss-reactive ketones (excluding diaryl/α,β-unsaturated/α-hetero) is 1. The van der Waals surface area contributed by atoms with Crippen molar-refractivity contribution in [2.45, 2.75) is 69.7 Å².